The smallest absolute Gasteiger partial charge is 0.0616 e. The summed E-state index contributed by atoms with van der Waals surface area (Å²) in [6.07, 6.45) is 7.18. The number of aryl methyl sites for hydroxylation is 1. The molecule has 0 bridgehead atoms. The highest BCUT2D eigenvalue weighted by Gasteiger charge is 2.20. The van der Waals surface area contributed by atoms with Crippen LogP contribution in [0, 0.1) is 12.8 Å². The molecule has 0 unspecified atom stereocenters. The zero-order chi connectivity index (χ0) is 14.5. The Kier molecular flexibility index (Phi) is 4.94. The molecule has 1 heteroatoms. The third-order valence-electron chi connectivity index (χ3n) is 4.01. The van der Waals surface area contributed by atoms with Crippen LogP contribution < -0.4 is 0 Å². The summed E-state index contributed by atoms with van der Waals surface area (Å²) in [6, 6.07) is 8.53. The van der Waals surface area contributed by atoms with E-state index < -0.39 is 0 Å². The van der Waals surface area contributed by atoms with E-state index in [1.54, 1.807) is 0 Å². The topological polar surface area (TPSA) is 12.4 Å². The van der Waals surface area contributed by atoms with Gasteiger partial charge in [-0.25, -0.2) is 0 Å². The number of aliphatic imine (C=N–C) groups is 1. The quantitative estimate of drug-likeness (QED) is 0.480. The van der Waals surface area contributed by atoms with Crippen molar-refractivity contribution in [1.82, 2.24) is 0 Å². The normalized spacial score (nSPS) is 16.9. The van der Waals surface area contributed by atoms with Crippen LogP contribution in [-0.4, -0.2) is 5.71 Å². The molecule has 106 valence electrons. The maximum Gasteiger partial charge on any atom is 0.0616 e. The SMILES string of the molecule is C=C/C(N=C(C)c1ccc(C)cc1)=C(/C)CCC1CC1. The van der Waals surface area contributed by atoms with Gasteiger partial charge in [-0.3, -0.25) is 4.99 Å². The lowest BCUT2D eigenvalue weighted by Crippen LogP contribution is -1.96. The van der Waals surface area contributed by atoms with Crippen molar-refractivity contribution in [2.75, 3.05) is 0 Å². The number of hydrogen-bond acceptors (Lipinski definition) is 1. The first-order chi connectivity index (χ1) is 9.60. The average molecular weight is 267 g/mol. The summed E-state index contributed by atoms with van der Waals surface area (Å²) < 4.78 is 0. The lowest BCUT2D eigenvalue weighted by molar-refractivity contribution is 0.718. The Morgan fingerprint density at radius 2 is 1.90 bits per heavy atom. The minimum atomic E-state index is 0.971. The van der Waals surface area contributed by atoms with Gasteiger partial charge in [0.25, 0.3) is 0 Å². The van der Waals surface area contributed by atoms with E-state index in [1.165, 1.54) is 36.0 Å². The third-order valence-corrected chi connectivity index (χ3v) is 4.01. The number of hydrogen-bond donors (Lipinski definition) is 0. The molecule has 20 heavy (non-hydrogen) atoms. The second-order valence-electron chi connectivity index (χ2n) is 5.91. The standard InChI is InChI=1S/C19H25N/c1-5-19(15(3)8-9-17-10-11-17)20-16(4)18-12-6-14(2)7-13-18/h5-7,12-13,17H,1,8-11H2,2-4H3/b19-15+,20-16?. The predicted octanol–water partition coefficient (Wildman–Crippen LogP) is 5.45. The van der Waals surface area contributed by atoms with E-state index in [2.05, 4.69) is 51.6 Å². The molecule has 0 atom stereocenters. The van der Waals surface area contributed by atoms with Crippen molar-refractivity contribution in [2.24, 2.45) is 10.9 Å². The molecule has 1 aliphatic rings. The number of rotatable bonds is 6. The average Bonchev–Trinajstić information content (AvgIpc) is 3.26. The van der Waals surface area contributed by atoms with E-state index in [1.807, 2.05) is 6.08 Å². The first-order valence-corrected chi connectivity index (χ1v) is 7.54. The van der Waals surface area contributed by atoms with Gasteiger partial charge in [0, 0.05) is 5.71 Å². The van der Waals surface area contributed by atoms with Crippen LogP contribution >= 0.6 is 0 Å². The summed E-state index contributed by atoms with van der Waals surface area (Å²) in [5, 5.41) is 0. The van der Waals surface area contributed by atoms with E-state index in [-0.39, 0.29) is 0 Å². The van der Waals surface area contributed by atoms with Crippen molar-refractivity contribution >= 4 is 5.71 Å². The van der Waals surface area contributed by atoms with Crippen LogP contribution in [0.1, 0.15) is 50.7 Å². The molecular weight excluding hydrogens is 242 g/mol. The molecule has 1 nitrogen and oxygen atoms in total. The highest BCUT2D eigenvalue weighted by molar-refractivity contribution is 5.99. The van der Waals surface area contributed by atoms with Crippen LogP contribution in [0.2, 0.25) is 0 Å². The molecule has 0 N–H and O–H groups in total. The molecule has 0 heterocycles. The molecule has 0 amide bonds. The van der Waals surface area contributed by atoms with E-state index >= 15 is 0 Å². The second-order valence-corrected chi connectivity index (χ2v) is 5.91. The maximum atomic E-state index is 4.77. The van der Waals surface area contributed by atoms with Crippen molar-refractivity contribution < 1.29 is 0 Å². The summed E-state index contributed by atoms with van der Waals surface area (Å²) in [5.41, 5.74) is 5.93. The van der Waals surface area contributed by atoms with Crippen LogP contribution in [0.3, 0.4) is 0 Å². The molecule has 0 radical (unpaired) electrons. The molecule has 1 aromatic rings. The van der Waals surface area contributed by atoms with Gasteiger partial charge in [-0.2, -0.15) is 0 Å². The molecule has 1 fully saturated rings. The first-order valence-electron chi connectivity index (χ1n) is 7.54. The summed E-state index contributed by atoms with van der Waals surface area (Å²) in [7, 11) is 0. The fourth-order valence-corrected chi connectivity index (χ4v) is 2.31. The molecule has 0 spiro atoms. The molecule has 1 saturated carbocycles. The lowest BCUT2D eigenvalue weighted by Gasteiger charge is -2.07. The van der Waals surface area contributed by atoms with Gasteiger partial charge in [0.15, 0.2) is 0 Å². The van der Waals surface area contributed by atoms with Gasteiger partial charge in [0.1, 0.15) is 0 Å². The zero-order valence-corrected chi connectivity index (χ0v) is 12.9. The van der Waals surface area contributed by atoms with Crippen LogP contribution in [0.15, 0.2) is 53.2 Å². The van der Waals surface area contributed by atoms with E-state index in [0.29, 0.717) is 0 Å². The first kappa shape index (κ1) is 14.8. The summed E-state index contributed by atoms with van der Waals surface area (Å²) in [6.45, 7) is 10.3. The Bertz CT molecular complexity index is 527. The Balaban J connectivity index is 2.13. The zero-order valence-electron chi connectivity index (χ0n) is 12.9. The molecule has 1 aliphatic carbocycles. The second kappa shape index (κ2) is 6.69. The number of benzene rings is 1. The Hall–Kier alpha value is -1.63. The highest BCUT2D eigenvalue weighted by Crippen LogP contribution is 2.35. The molecular formula is C19H25N. The van der Waals surface area contributed by atoms with E-state index in [4.69, 9.17) is 4.99 Å². The fourth-order valence-electron chi connectivity index (χ4n) is 2.31. The van der Waals surface area contributed by atoms with Gasteiger partial charge in [-0.05, 0) is 56.7 Å². The lowest BCUT2D eigenvalue weighted by atomic mass is 10.1. The van der Waals surface area contributed by atoms with Crippen LogP contribution in [0.4, 0.5) is 0 Å². The Labute approximate surface area is 123 Å². The highest BCUT2D eigenvalue weighted by atomic mass is 14.8. The molecule has 0 aromatic heterocycles. The van der Waals surface area contributed by atoms with E-state index in [0.717, 1.165) is 23.7 Å². The molecule has 0 aliphatic heterocycles. The number of nitrogens with zero attached hydrogens (tertiary/aromatic N) is 1. The molecule has 1 aromatic carbocycles. The number of allylic oxidation sites excluding steroid dienone is 2. The van der Waals surface area contributed by atoms with Gasteiger partial charge in [0.05, 0.1) is 5.70 Å². The van der Waals surface area contributed by atoms with Crippen LogP contribution in [-0.2, 0) is 0 Å². The maximum absolute atomic E-state index is 4.77. The fraction of sp³-hybridized carbons (Fsp3) is 0.421. The summed E-state index contributed by atoms with van der Waals surface area (Å²) >= 11 is 0. The third kappa shape index (κ3) is 4.19. The van der Waals surface area contributed by atoms with Crippen molar-refractivity contribution in [3.05, 3.63) is 59.3 Å². The van der Waals surface area contributed by atoms with Crippen LogP contribution in [0.5, 0.6) is 0 Å². The summed E-state index contributed by atoms with van der Waals surface area (Å²) in [5.74, 6) is 0.971. The van der Waals surface area contributed by atoms with Gasteiger partial charge < -0.3 is 0 Å². The Morgan fingerprint density at radius 3 is 2.45 bits per heavy atom. The van der Waals surface area contributed by atoms with E-state index in [9.17, 15) is 0 Å². The minimum absolute atomic E-state index is 0.971. The Morgan fingerprint density at radius 1 is 1.25 bits per heavy atom. The molecule has 2 rings (SSSR count). The summed E-state index contributed by atoms with van der Waals surface area (Å²) in [4.78, 5) is 4.77. The van der Waals surface area contributed by atoms with Crippen LogP contribution in [0.25, 0.3) is 0 Å². The van der Waals surface area contributed by atoms with Crippen molar-refractivity contribution in [1.29, 1.82) is 0 Å². The predicted molar refractivity (Wildman–Crippen MR) is 88.2 cm³/mol. The van der Waals surface area contributed by atoms with Gasteiger partial charge in [0.2, 0.25) is 0 Å². The largest absolute Gasteiger partial charge is 0.253 e. The van der Waals surface area contributed by atoms with Crippen molar-refractivity contribution in [3.63, 3.8) is 0 Å². The monoisotopic (exact) mass is 267 g/mol. The van der Waals surface area contributed by atoms with Gasteiger partial charge >= 0.3 is 0 Å². The van der Waals surface area contributed by atoms with Gasteiger partial charge in [-0.15, -0.1) is 0 Å². The van der Waals surface area contributed by atoms with Gasteiger partial charge in [-0.1, -0.05) is 49.2 Å². The van der Waals surface area contributed by atoms with Crippen molar-refractivity contribution in [2.45, 2.75) is 46.5 Å². The molecule has 0 saturated heterocycles. The van der Waals surface area contributed by atoms with Crippen molar-refractivity contribution in [3.8, 4) is 0 Å². The minimum Gasteiger partial charge on any atom is -0.253 e.